The number of fused-ring (bicyclic) bond motifs is 2. The summed E-state index contributed by atoms with van der Waals surface area (Å²) in [6.07, 6.45) is 2.90. The van der Waals surface area contributed by atoms with E-state index in [2.05, 4.69) is 34.4 Å². The van der Waals surface area contributed by atoms with Gasteiger partial charge in [-0.25, -0.2) is 4.98 Å². The van der Waals surface area contributed by atoms with Crippen molar-refractivity contribution in [2.45, 2.75) is 13.0 Å². The number of nitrogens with two attached hydrogens (primary N) is 1. The number of aromatic nitrogens is 3. The number of nitrogens with zero attached hydrogens (tertiary/aromatic N) is 2. The minimum absolute atomic E-state index is 0.529. The molecule has 5 heteroatoms. The molecule has 4 nitrogen and oxygen atoms in total. The van der Waals surface area contributed by atoms with E-state index in [0.29, 0.717) is 17.1 Å². The summed E-state index contributed by atoms with van der Waals surface area (Å²) >= 11 is 5.42. The predicted molar refractivity (Wildman–Crippen MR) is 97.0 cm³/mol. The number of nitrogens with one attached hydrogen (secondary N) is 1. The normalized spacial score (nSPS) is 11.3. The Labute approximate surface area is 138 Å². The van der Waals surface area contributed by atoms with Gasteiger partial charge in [-0.1, -0.05) is 30.3 Å². The number of benzene rings is 2. The van der Waals surface area contributed by atoms with Crippen LogP contribution in [0.2, 0.25) is 0 Å². The van der Waals surface area contributed by atoms with Gasteiger partial charge in [-0.3, -0.25) is 0 Å². The molecule has 0 aliphatic rings. The maximum Gasteiger partial charge on any atom is 0.201 e. The van der Waals surface area contributed by atoms with E-state index in [-0.39, 0.29) is 0 Å². The molecule has 4 rings (SSSR count). The molecule has 2 heterocycles. The van der Waals surface area contributed by atoms with Gasteiger partial charge in [-0.05, 0) is 42.4 Å². The number of nitrogen functional groups attached to an aromatic ring is 1. The number of aryl methyl sites for hydroxylation is 1. The van der Waals surface area contributed by atoms with E-state index >= 15 is 0 Å². The van der Waals surface area contributed by atoms with Crippen molar-refractivity contribution < 1.29 is 0 Å². The van der Waals surface area contributed by atoms with Gasteiger partial charge in [-0.2, -0.15) is 0 Å². The average molecular weight is 320 g/mol. The van der Waals surface area contributed by atoms with Crippen LogP contribution < -0.4 is 5.73 Å². The molecule has 0 spiro atoms. The molecule has 0 radical (unpaired) electrons. The fourth-order valence-corrected chi connectivity index (χ4v) is 3.27. The Morgan fingerprint density at radius 3 is 2.65 bits per heavy atom. The Balaban J connectivity index is 1.72. The molecule has 2 aromatic carbocycles. The number of H-pyrrole nitrogens is 1. The predicted octanol–water partition coefficient (Wildman–Crippen LogP) is 4.07. The van der Waals surface area contributed by atoms with Crippen LogP contribution >= 0.6 is 12.2 Å². The third-order valence-electron chi connectivity index (χ3n) is 4.20. The first-order valence-electron chi connectivity index (χ1n) is 7.54. The van der Waals surface area contributed by atoms with Crippen LogP contribution in [0.3, 0.4) is 0 Å². The van der Waals surface area contributed by atoms with Crippen molar-refractivity contribution in [1.29, 1.82) is 0 Å². The summed E-state index contributed by atoms with van der Waals surface area (Å²) in [5, 5.41) is 2.19. The zero-order chi connectivity index (χ0) is 15.8. The summed E-state index contributed by atoms with van der Waals surface area (Å²) in [5.41, 5.74) is 9.57. The lowest BCUT2D eigenvalue weighted by Crippen LogP contribution is -2.11. The van der Waals surface area contributed by atoms with E-state index in [0.717, 1.165) is 22.8 Å². The number of hydrogen-bond acceptors (Lipinski definition) is 3. The molecular weight excluding hydrogens is 304 g/mol. The van der Waals surface area contributed by atoms with Gasteiger partial charge in [0, 0.05) is 29.0 Å². The summed E-state index contributed by atoms with van der Waals surface area (Å²) in [6.45, 7) is 0.713. The van der Waals surface area contributed by atoms with E-state index < -0.39 is 0 Å². The molecule has 0 bridgehead atoms. The topological polar surface area (TPSA) is 59.6 Å². The number of hydrogen-bond donors (Lipinski definition) is 2. The van der Waals surface area contributed by atoms with E-state index in [1.807, 2.05) is 34.9 Å². The number of para-hydroxylation sites is 2. The first-order valence-corrected chi connectivity index (χ1v) is 7.95. The quantitative estimate of drug-likeness (QED) is 0.559. The molecule has 0 atom stereocenters. The number of aromatic amines is 1. The SMILES string of the molecule is Nc1c2ccccc2nc(=S)n1CCc1c[nH]c2ccccc12. The van der Waals surface area contributed by atoms with E-state index in [1.165, 1.54) is 10.9 Å². The second-order valence-electron chi connectivity index (χ2n) is 5.56. The van der Waals surface area contributed by atoms with Gasteiger partial charge >= 0.3 is 0 Å². The first kappa shape index (κ1) is 14.0. The van der Waals surface area contributed by atoms with Crippen molar-refractivity contribution in [2.75, 3.05) is 5.73 Å². The summed E-state index contributed by atoms with van der Waals surface area (Å²) < 4.78 is 2.44. The fraction of sp³-hybridized carbons (Fsp3) is 0.111. The van der Waals surface area contributed by atoms with E-state index in [1.54, 1.807) is 0 Å². The molecule has 3 N–H and O–H groups in total. The molecule has 0 unspecified atom stereocenters. The molecule has 0 fully saturated rings. The molecule has 114 valence electrons. The second kappa shape index (κ2) is 5.52. The van der Waals surface area contributed by atoms with Gasteiger partial charge < -0.3 is 15.3 Å². The number of anilines is 1. The third-order valence-corrected chi connectivity index (χ3v) is 4.51. The lowest BCUT2D eigenvalue weighted by Gasteiger charge is -2.12. The Bertz CT molecular complexity index is 1060. The molecule has 4 aromatic rings. The Morgan fingerprint density at radius 1 is 1.04 bits per heavy atom. The van der Waals surface area contributed by atoms with Crippen molar-refractivity contribution in [3.8, 4) is 0 Å². The molecule has 2 aromatic heterocycles. The van der Waals surface area contributed by atoms with Crippen molar-refractivity contribution >= 4 is 39.8 Å². The van der Waals surface area contributed by atoms with Crippen LogP contribution in [0.4, 0.5) is 5.82 Å². The van der Waals surface area contributed by atoms with Gasteiger partial charge in [0.1, 0.15) is 5.82 Å². The van der Waals surface area contributed by atoms with Crippen LogP contribution in [0, 0.1) is 4.77 Å². The minimum atomic E-state index is 0.529. The lowest BCUT2D eigenvalue weighted by atomic mass is 10.1. The van der Waals surface area contributed by atoms with Crippen molar-refractivity contribution in [1.82, 2.24) is 14.5 Å². The Hall–Kier alpha value is -2.66. The number of rotatable bonds is 3. The van der Waals surface area contributed by atoms with Gasteiger partial charge in [0.2, 0.25) is 4.77 Å². The second-order valence-corrected chi connectivity index (χ2v) is 5.92. The lowest BCUT2D eigenvalue weighted by molar-refractivity contribution is 0.684. The summed E-state index contributed by atoms with van der Waals surface area (Å²) in [6, 6.07) is 16.1. The Kier molecular flexibility index (Phi) is 3.35. The van der Waals surface area contributed by atoms with Crippen LogP contribution in [0.25, 0.3) is 21.8 Å². The fourth-order valence-electron chi connectivity index (χ4n) is 2.99. The van der Waals surface area contributed by atoms with Gasteiger partial charge in [-0.15, -0.1) is 0 Å². The highest BCUT2D eigenvalue weighted by Gasteiger charge is 2.08. The van der Waals surface area contributed by atoms with Crippen molar-refractivity contribution in [3.63, 3.8) is 0 Å². The average Bonchev–Trinajstić information content (AvgIpc) is 2.98. The zero-order valence-corrected chi connectivity index (χ0v) is 13.3. The maximum atomic E-state index is 6.32. The maximum absolute atomic E-state index is 6.32. The standard InChI is InChI=1S/C18H16N4S/c19-17-14-6-2-4-8-16(14)21-18(23)22(17)10-9-12-11-20-15-7-3-1-5-13(12)15/h1-8,11,20H,9-10,19H2. The molecule has 0 saturated heterocycles. The van der Waals surface area contributed by atoms with E-state index in [9.17, 15) is 0 Å². The van der Waals surface area contributed by atoms with E-state index in [4.69, 9.17) is 18.0 Å². The molecule has 0 aliphatic carbocycles. The van der Waals surface area contributed by atoms with Gasteiger partial charge in [0.05, 0.1) is 5.52 Å². The van der Waals surface area contributed by atoms with Crippen LogP contribution in [-0.4, -0.2) is 14.5 Å². The van der Waals surface area contributed by atoms with Crippen molar-refractivity contribution in [3.05, 3.63) is 65.1 Å². The zero-order valence-electron chi connectivity index (χ0n) is 12.5. The molecule has 0 aliphatic heterocycles. The minimum Gasteiger partial charge on any atom is -0.384 e. The molecule has 23 heavy (non-hydrogen) atoms. The third kappa shape index (κ3) is 2.39. The van der Waals surface area contributed by atoms with Gasteiger partial charge in [0.25, 0.3) is 0 Å². The smallest absolute Gasteiger partial charge is 0.201 e. The first-order chi connectivity index (χ1) is 11.2. The van der Waals surface area contributed by atoms with Crippen molar-refractivity contribution in [2.24, 2.45) is 0 Å². The molecule has 0 saturated carbocycles. The van der Waals surface area contributed by atoms with Crippen LogP contribution in [0.1, 0.15) is 5.56 Å². The van der Waals surface area contributed by atoms with Crippen LogP contribution in [0.5, 0.6) is 0 Å². The summed E-state index contributed by atoms with van der Waals surface area (Å²) in [7, 11) is 0. The Morgan fingerprint density at radius 2 is 1.78 bits per heavy atom. The largest absolute Gasteiger partial charge is 0.384 e. The van der Waals surface area contributed by atoms with Crippen LogP contribution in [-0.2, 0) is 13.0 Å². The molecule has 0 amide bonds. The van der Waals surface area contributed by atoms with Gasteiger partial charge in [0.15, 0.2) is 0 Å². The highest BCUT2D eigenvalue weighted by Crippen LogP contribution is 2.22. The highest BCUT2D eigenvalue weighted by molar-refractivity contribution is 7.71. The highest BCUT2D eigenvalue weighted by atomic mass is 32.1. The molecular formula is C18H16N4S. The summed E-state index contributed by atoms with van der Waals surface area (Å²) in [4.78, 5) is 7.79. The summed E-state index contributed by atoms with van der Waals surface area (Å²) in [5.74, 6) is 0.681. The monoisotopic (exact) mass is 320 g/mol. The van der Waals surface area contributed by atoms with Crippen LogP contribution in [0.15, 0.2) is 54.7 Å².